The van der Waals surface area contributed by atoms with E-state index in [0.29, 0.717) is 49.4 Å². The monoisotopic (exact) mass is 864 g/mol. The smallest absolute Gasteiger partial charge is 0.266 e. The Morgan fingerprint density at radius 3 is 0.879 bits per heavy atom. The minimum Gasteiger partial charge on any atom is -0.495 e. The second-order valence-electron chi connectivity index (χ2n) is 19.6. The molecular weight excluding hydrogens is 817 g/mol. The van der Waals surface area contributed by atoms with Gasteiger partial charge in [-0.05, 0) is 113 Å². The largest absolute Gasteiger partial charge is 0.495 e. The van der Waals surface area contributed by atoms with Crippen LogP contribution < -0.4 is 27.0 Å². The van der Waals surface area contributed by atoms with Crippen molar-refractivity contribution < 1.29 is 4.74 Å². The number of para-hydroxylation sites is 2. The third kappa shape index (κ3) is 4.92. The van der Waals surface area contributed by atoms with Gasteiger partial charge in [0, 0.05) is 53.9 Å². The van der Waals surface area contributed by atoms with Crippen molar-refractivity contribution in [2.75, 3.05) is 7.11 Å². The third-order valence-corrected chi connectivity index (χ3v) is 14.8. The molecule has 0 atom stereocenters. The molecule has 0 aliphatic heterocycles. The molecular formula is C59H48N2O5. The number of ether oxygens (including phenoxy) is 1. The summed E-state index contributed by atoms with van der Waals surface area (Å²) >= 11 is 0. The van der Waals surface area contributed by atoms with E-state index in [1.54, 1.807) is 7.11 Å². The van der Waals surface area contributed by atoms with Crippen LogP contribution in [0.4, 0.5) is 0 Å². The summed E-state index contributed by atoms with van der Waals surface area (Å²) in [4.78, 5) is 60.0. The maximum absolute atomic E-state index is 15.0. The average Bonchev–Trinajstić information content (AvgIpc) is 3.52. The summed E-state index contributed by atoms with van der Waals surface area (Å²) < 4.78 is 9.38. The molecule has 0 fully saturated rings. The van der Waals surface area contributed by atoms with Crippen LogP contribution in [-0.4, -0.2) is 16.2 Å². The average molecular weight is 865 g/mol. The first-order valence-corrected chi connectivity index (χ1v) is 23.2. The first-order valence-electron chi connectivity index (χ1n) is 23.2. The zero-order valence-corrected chi connectivity index (χ0v) is 38.6. The number of rotatable bonds is 7. The summed E-state index contributed by atoms with van der Waals surface area (Å²) in [7, 11) is 1.69. The van der Waals surface area contributed by atoms with Gasteiger partial charge in [0.25, 0.3) is 22.2 Å². The molecule has 0 unspecified atom stereocenters. The molecule has 2 aromatic heterocycles. The maximum atomic E-state index is 15.0. The lowest BCUT2D eigenvalue weighted by atomic mass is 9.89. The second-order valence-corrected chi connectivity index (χ2v) is 19.6. The van der Waals surface area contributed by atoms with Crippen LogP contribution in [0, 0.1) is 0 Å². The maximum Gasteiger partial charge on any atom is 0.266 e. The van der Waals surface area contributed by atoms with Crippen LogP contribution in [0.25, 0.3) is 108 Å². The Balaban J connectivity index is 1.23. The van der Waals surface area contributed by atoms with Crippen molar-refractivity contribution in [3.63, 3.8) is 0 Å². The first kappa shape index (κ1) is 40.2. The van der Waals surface area contributed by atoms with Crippen LogP contribution in [0.1, 0.15) is 101 Å². The fourth-order valence-electron chi connectivity index (χ4n) is 11.9. The Labute approximate surface area is 379 Å². The quantitative estimate of drug-likeness (QED) is 0.149. The molecule has 0 bridgehead atoms. The molecule has 324 valence electrons. The number of fused-ring (bicyclic) bond motifs is 4. The van der Waals surface area contributed by atoms with E-state index < -0.39 is 0 Å². The highest BCUT2D eigenvalue weighted by Crippen LogP contribution is 2.54. The number of pyridine rings is 2. The van der Waals surface area contributed by atoms with Crippen LogP contribution in [0.5, 0.6) is 5.75 Å². The molecule has 0 aliphatic carbocycles. The minimum absolute atomic E-state index is 0.0843. The van der Waals surface area contributed by atoms with E-state index in [1.807, 2.05) is 84.9 Å². The molecule has 10 aromatic carbocycles. The molecule has 0 amide bonds. The Morgan fingerprint density at radius 1 is 0.318 bits per heavy atom. The summed E-state index contributed by atoms with van der Waals surface area (Å²) in [6.07, 6.45) is 0. The molecule has 7 nitrogen and oxygen atoms in total. The molecule has 0 aliphatic rings. The number of nitrogens with zero attached hydrogens (tertiary/aromatic N) is 2. The standard InChI is InChI=1S/C59H48N2O5/c1-27(2)31-13-10-14-32(28(3)4)53(31)60-56(62)41-23-19-37-35-17-12-18-36-38-20-24-42-48-44(59(65)61(57(42)63)54-33(29(5)6)15-11-16-34(54)30(7)8)26-22-40(46(38)48)52-50(36)49(35)51(55(52)66-9)39-21-25-43(58(60)64)47(41)45(37)39/h10-30H,1-9H3. The van der Waals surface area contributed by atoms with E-state index in [2.05, 4.69) is 73.6 Å². The molecule has 12 rings (SSSR count). The lowest BCUT2D eigenvalue weighted by molar-refractivity contribution is 0.425. The third-order valence-electron chi connectivity index (χ3n) is 14.8. The van der Waals surface area contributed by atoms with E-state index in [1.165, 1.54) is 9.13 Å². The van der Waals surface area contributed by atoms with Crippen molar-refractivity contribution in [2.45, 2.75) is 79.1 Å². The molecule has 0 spiro atoms. The van der Waals surface area contributed by atoms with E-state index in [4.69, 9.17) is 4.74 Å². The lowest BCUT2D eigenvalue weighted by Gasteiger charge is -2.22. The van der Waals surface area contributed by atoms with Crippen molar-refractivity contribution in [1.29, 1.82) is 0 Å². The number of aromatic nitrogens is 2. The van der Waals surface area contributed by atoms with Gasteiger partial charge in [-0.2, -0.15) is 0 Å². The topological polar surface area (TPSA) is 87.4 Å². The predicted molar refractivity (Wildman–Crippen MR) is 275 cm³/mol. The van der Waals surface area contributed by atoms with E-state index >= 15 is 0 Å². The second kappa shape index (κ2) is 13.8. The fourth-order valence-corrected chi connectivity index (χ4v) is 11.9. The van der Waals surface area contributed by atoms with Crippen molar-refractivity contribution in [3.05, 3.63) is 167 Å². The van der Waals surface area contributed by atoms with Gasteiger partial charge in [-0.1, -0.05) is 134 Å². The lowest BCUT2D eigenvalue weighted by Crippen LogP contribution is -2.33. The van der Waals surface area contributed by atoms with Crippen LogP contribution in [0.3, 0.4) is 0 Å². The summed E-state index contributed by atoms with van der Waals surface area (Å²) in [6.45, 7) is 16.8. The molecule has 66 heavy (non-hydrogen) atoms. The van der Waals surface area contributed by atoms with E-state index in [0.717, 1.165) is 86.9 Å². The van der Waals surface area contributed by atoms with Gasteiger partial charge in [0.15, 0.2) is 0 Å². The first-order chi connectivity index (χ1) is 31.8. The Morgan fingerprint density at radius 2 is 0.576 bits per heavy atom. The summed E-state index contributed by atoms with van der Waals surface area (Å²) in [5.74, 6) is 1.01. The van der Waals surface area contributed by atoms with Crippen molar-refractivity contribution in [3.8, 4) is 17.1 Å². The van der Waals surface area contributed by atoms with Crippen LogP contribution >= 0.6 is 0 Å². The number of hydrogen-bond donors (Lipinski definition) is 0. The SMILES string of the molecule is COc1c2c3ccc4c(=O)n(-c5c(C(C)C)cccc5C(C)C)c(=O)c5ccc(c6cccc7c8ccc9c(=O)n(-c%10c(C(C)C)cccc%10C(C)C)c(=O)c%10ccc(c1c7c62)c8c9%10)c3c54. The van der Waals surface area contributed by atoms with Crippen LogP contribution in [0.15, 0.2) is 122 Å². The number of benzene rings is 8. The highest BCUT2D eigenvalue weighted by Gasteiger charge is 2.30. The van der Waals surface area contributed by atoms with Gasteiger partial charge >= 0.3 is 0 Å². The minimum atomic E-state index is -0.331. The van der Waals surface area contributed by atoms with Crippen molar-refractivity contribution in [2.24, 2.45) is 0 Å². The van der Waals surface area contributed by atoms with Gasteiger partial charge in [-0.15, -0.1) is 0 Å². The van der Waals surface area contributed by atoms with E-state index in [-0.39, 0.29) is 45.9 Å². The highest BCUT2D eigenvalue weighted by molar-refractivity contribution is 6.48. The molecule has 0 saturated heterocycles. The molecule has 7 heteroatoms. The normalized spacial score (nSPS) is 12.8. The predicted octanol–water partition coefficient (Wildman–Crippen LogP) is 13.3. The van der Waals surface area contributed by atoms with Gasteiger partial charge in [0.1, 0.15) is 5.75 Å². The molecule has 12 aromatic rings. The summed E-state index contributed by atoms with van der Waals surface area (Å²) in [5.41, 5.74) is 3.87. The number of methoxy groups -OCH3 is 1. The van der Waals surface area contributed by atoms with Gasteiger partial charge in [-0.25, -0.2) is 9.13 Å². The van der Waals surface area contributed by atoms with E-state index in [9.17, 15) is 19.2 Å². The van der Waals surface area contributed by atoms with Crippen LogP contribution in [0.2, 0.25) is 0 Å². The molecule has 2 heterocycles. The van der Waals surface area contributed by atoms with Gasteiger partial charge in [0.05, 0.1) is 18.5 Å². The van der Waals surface area contributed by atoms with Crippen molar-refractivity contribution >= 4 is 97.0 Å². The van der Waals surface area contributed by atoms with Gasteiger partial charge in [-0.3, -0.25) is 19.2 Å². The molecule has 0 radical (unpaired) electrons. The molecule has 0 saturated carbocycles. The van der Waals surface area contributed by atoms with Crippen LogP contribution in [-0.2, 0) is 0 Å². The summed E-state index contributed by atoms with van der Waals surface area (Å²) in [6, 6.07) is 34.1. The highest BCUT2D eigenvalue weighted by atomic mass is 16.5. The van der Waals surface area contributed by atoms with Crippen molar-refractivity contribution in [1.82, 2.24) is 9.13 Å². The Bertz CT molecular complexity index is 3920. The van der Waals surface area contributed by atoms with Gasteiger partial charge < -0.3 is 4.74 Å². The van der Waals surface area contributed by atoms with Gasteiger partial charge in [0.2, 0.25) is 0 Å². The Kier molecular flexibility index (Phi) is 8.41. The summed E-state index contributed by atoms with van der Waals surface area (Å²) in [5, 5.41) is 14.3. The zero-order valence-electron chi connectivity index (χ0n) is 38.6. The fraction of sp³-hybridized carbons (Fsp3) is 0.220. The zero-order chi connectivity index (χ0) is 45.9. The molecule has 0 N–H and O–H groups in total. The number of hydrogen-bond acceptors (Lipinski definition) is 5. The Hall–Kier alpha value is -7.38.